The van der Waals surface area contributed by atoms with E-state index in [1.807, 2.05) is 18.7 Å². The quantitative estimate of drug-likeness (QED) is 0.449. The first kappa shape index (κ1) is 14.8. The summed E-state index contributed by atoms with van der Waals surface area (Å²) in [6.45, 7) is 4.16. The van der Waals surface area contributed by atoms with Crippen LogP contribution < -0.4 is 0 Å². The van der Waals surface area contributed by atoms with Crippen LogP contribution in [0.3, 0.4) is 0 Å². The lowest BCUT2D eigenvalue weighted by Crippen LogP contribution is -2.15. The van der Waals surface area contributed by atoms with E-state index in [-0.39, 0.29) is 11.9 Å². The molecule has 0 aliphatic rings. The summed E-state index contributed by atoms with van der Waals surface area (Å²) in [5.74, 6) is 2.01. The molecule has 15 heavy (non-hydrogen) atoms. The molecular formula is C12H24O2S. The van der Waals surface area contributed by atoms with E-state index in [0.717, 1.165) is 5.75 Å². The topological polar surface area (TPSA) is 26.3 Å². The van der Waals surface area contributed by atoms with Gasteiger partial charge in [-0.1, -0.05) is 39.5 Å². The van der Waals surface area contributed by atoms with Gasteiger partial charge in [-0.3, -0.25) is 4.79 Å². The van der Waals surface area contributed by atoms with Gasteiger partial charge >= 0.3 is 5.97 Å². The summed E-state index contributed by atoms with van der Waals surface area (Å²) < 4.78 is 4.67. The smallest absolute Gasteiger partial charge is 0.309 e. The number of carbonyl (C=O) groups is 1. The molecule has 0 radical (unpaired) electrons. The summed E-state index contributed by atoms with van der Waals surface area (Å²) in [7, 11) is 1.45. The molecule has 0 saturated carbocycles. The second-order valence-electron chi connectivity index (χ2n) is 3.91. The minimum Gasteiger partial charge on any atom is -0.469 e. The molecule has 90 valence electrons. The van der Waals surface area contributed by atoms with Crippen LogP contribution in [0.1, 0.15) is 46.0 Å². The van der Waals surface area contributed by atoms with E-state index in [2.05, 4.69) is 11.7 Å². The van der Waals surface area contributed by atoms with Gasteiger partial charge in [-0.2, -0.15) is 11.8 Å². The standard InChI is InChI=1S/C12H24O2S/c1-4-5-6-7-8-9-15-10-11(2)12(13)14-3/h11H,4-10H2,1-3H3. The maximum absolute atomic E-state index is 11.1. The number of unbranched alkanes of at least 4 members (excludes halogenated alkanes) is 4. The Kier molecular flexibility index (Phi) is 10.2. The van der Waals surface area contributed by atoms with Crippen molar-refractivity contribution in [2.24, 2.45) is 5.92 Å². The summed E-state index contributed by atoms with van der Waals surface area (Å²) in [5, 5.41) is 0. The summed E-state index contributed by atoms with van der Waals surface area (Å²) in [5.41, 5.74) is 0. The molecule has 1 atom stereocenters. The van der Waals surface area contributed by atoms with Crippen molar-refractivity contribution in [1.29, 1.82) is 0 Å². The maximum Gasteiger partial charge on any atom is 0.309 e. The molecule has 3 heteroatoms. The number of ether oxygens (including phenoxy) is 1. The minimum absolute atomic E-state index is 0.0376. The van der Waals surface area contributed by atoms with Crippen molar-refractivity contribution in [1.82, 2.24) is 0 Å². The van der Waals surface area contributed by atoms with Crippen LogP contribution in [0.25, 0.3) is 0 Å². The molecule has 0 spiro atoms. The molecule has 0 fully saturated rings. The Morgan fingerprint density at radius 1 is 1.27 bits per heavy atom. The van der Waals surface area contributed by atoms with Crippen molar-refractivity contribution in [3.8, 4) is 0 Å². The number of hydrogen-bond acceptors (Lipinski definition) is 3. The van der Waals surface area contributed by atoms with Gasteiger partial charge in [0.15, 0.2) is 0 Å². The van der Waals surface area contributed by atoms with Crippen LogP contribution in [0.4, 0.5) is 0 Å². The number of rotatable bonds is 9. The van der Waals surface area contributed by atoms with Crippen LogP contribution in [0.15, 0.2) is 0 Å². The molecule has 1 unspecified atom stereocenters. The summed E-state index contributed by atoms with van der Waals surface area (Å²) in [4.78, 5) is 11.1. The first-order valence-electron chi connectivity index (χ1n) is 5.88. The van der Waals surface area contributed by atoms with Crippen molar-refractivity contribution < 1.29 is 9.53 Å². The fourth-order valence-electron chi connectivity index (χ4n) is 1.34. The second-order valence-corrected chi connectivity index (χ2v) is 5.06. The van der Waals surface area contributed by atoms with Crippen LogP contribution in [0, 0.1) is 5.92 Å². The Hall–Kier alpha value is -0.180. The lowest BCUT2D eigenvalue weighted by Gasteiger charge is -2.08. The Balaban J connectivity index is 3.20. The van der Waals surface area contributed by atoms with Crippen molar-refractivity contribution in [2.75, 3.05) is 18.6 Å². The highest BCUT2D eigenvalue weighted by Gasteiger charge is 2.11. The third kappa shape index (κ3) is 8.79. The van der Waals surface area contributed by atoms with Crippen LogP contribution in [0.5, 0.6) is 0 Å². The highest BCUT2D eigenvalue weighted by atomic mass is 32.2. The Morgan fingerprint density at radius 2 is 1.93 bits per heavy atom. The first-order chi connectivity index (χ1) is 7.22. The van der Waals surface area contributed by atoms with Gasteiger partial charge in [0.1, 0.15) is 0 Å². The lowest BCUT2D eigenvalue weighted by atomic mass is 10.2. The zero-order valence-electron chi connectivity index (χ0n) is 10.3. The maximum atomic E-state index is 11.1. The van der Waals surface area contributed by atoms with Gasteiger partial charge in [-0.15, -0.1) is 0 Å². The first-order valence-corrected chi connectivity index (χ1v) is 7.03. The van der Waals surface area contributed by atoms with Crippen molar-refractivity contribution in [3.05, 3.63) is 0 Å². The number of esters is 1. The third-order valence-electron chi connectivity index (χ3n) is 2.36. The average molecular weight is 232 g/mol. The van der Waals surface area contributed by atoms with E-state index in [1.54, 1.807) is 0 Å². The van der Waals surface area contributed by atoms with Crippen molar-refractivity contribution in [2.45, 2.75) is 46.0 Å². The van der Waals surface area contributed by atoms with E-state index in [4.69, 9.17) is 0 Å². The number of methoxy groups -OCH3 is 1. The SMILES string of the molecule is CCCCCCCSCC(C)C(=O)OC. The number of carbonyl (C=O) groups excluding carboxylic acids is 1. The van der Waals surface area contributed by atoms with Gasteiger partial charge in [-0.25, -0.2) is 0 Å². The highest BCUT2D eigenvalue weighted by Crippen LogP contribution is 2.13. The molecule has 0 heterocycles. The fraction of sp³-hybridized carbons (Fsp3) is 0.917. The molecule has 0 aliphatic heterocycles. The highest BCUT2D eigenvalue weighted by molar-refractivity contribution is 7.99. The minimum atomic E-state index is -0.0894. The third-order valence-corrected chi connectivity index (χ3v) is 3.68. The van der Waals surface area contributed by atoms with E-state index in [1.165, 1.54) is 45.0 Å². The van der Waals surface area contributed by atoms with Crippen molar-refractivity contribution in [3.63, 3.8) is 0 Å². The predicted molar refractivity (Wildman–Crippen MR) is 67.3 cm³/mol. The van der Waals surface area contributed by atoms with Gasteiger partial charge < -0.3 is 4.74 Å². The van der Waals surface area contributed by atoms with E-state index >= 15 is 0 Å². The molecule has 0 aromatic carbocycles. The number of thioether (sulfide) groups is 1. The molecule has 0 aromatic rings. The second kappa shape index (κ2) is 10.3. The van der Waals surface area contributed by atoms with Crippen LogP contribution >= 0.6 is 11.8 Å². The number of hydrogen-bond donors (Lipinski definition) is 0. The largest absolute Gasteiger partial charge is 0.469 e. The van der Waals surface area contributed by atoms with Crippen LogP contribution in [-0.2, 0) is 9.53 Å². The Labute approximate surface area is 98.2 Å². The normalized spacial score (nSPS) is 12.5. The van der Waals surface area contributed by atoms with Crippen LogP contribution in [0.2, 0.25) is 0 Å². The Bertz CT molecular complexity index is 160. The summed E-state index contributed by atoms with van der Waals surface area (Å²) >= 11 is 1.86. The molecule has 2 nitrogen and oxygen atoms in total. The molecule has 0 amide bonds. The van der Waals surface area contributed by atoms with Crippen molar-refractivity contribution >= 4 is 17.7 Å². The van der Waals surface area contributed by atoms with Gasteiger partial charge in [0.25, 0.3) is 0 Å². The van der Waals surface area contributed by atoms with Gasteiger partial charge in [-0.05, 0) is 12.2 Å². The zero-order valence-corrected chi connectivity index (χ0v) is 11.1. The van der Waals surface area contributed by atoms with E-state index < -0.39 is 0 Å². The van der Waals surface area contributed by atoms with Gasteiger partial charge in [0.05, 0.1) is 13.0 Å². The van der Waals surface area contributed by atoms with Crippen LogP contribution in [-0.4, -0.2) is 24.6 Å². The predicted octanol–water partition coefficient (Wildman–Crippen LogP) is 3.50. The van der Waals surface area contributed by atoms with Gasteiger partial charge in [0.2, 0.25) is 0 Å². The molecule has 0 rings (SSSR count). The van der Waals surface area contributed by atoms with E-state index in [0.29, 0.717) is 0 Å². The summed E-state index contributed by atoms with van der Waals surface area (Å²) in [6.07, 6.45) is 6.60. The van der Waals surface area contributed by atoms with E-state index in [9.17, 15) is 4.79 Å². The van der Waals surface area contributed by atoms with Gasteiger partial charge in [0, 0.05) is 5.75 Å². The molecular weight excluding hydrogens is 208 g/mol. The monoisotopic (exact) mass is 232 g/mol. The Morgan fingerprint density at radius 3 is 2.53 bits per heavy atom. The molecule has 0 N–H and O–H groups in total. The molecule has 0 saturated heterocycles. The molecule has 0 aliphatic carbocycles. The average Bonchev–Trinajstić information content (AvgIpc) is 2.26. The fourth-order valence-corrected chi connectivity index (χ4v) is 2.40. The molecule has 0 bridgehead atoms. The lowest BCUT2D eigenvalue weighted by molar-refractivity contribution is -0.143. The zero-order chi connectivity index (χ0) is 11.5. The summed E-state index contributed by atoms with van der Waals surface area (Å²) in [6, 6.07) is 0. The molecule has 0 aromatic heterocycles.